The van der Waals surface area contributed by atoms with E-state index in [0.29, 0.717) is 0 Å². The molecule has 98 valence electrons. The van der Waals surface area contributed by atoms with Crippen LogP contribution in [0.1, 0.15) is 5.56 Å². The molecule has 0 aliphatic rings. The van der Waals surface area contributed by atoms with Crippen molar-refractivity contribution in [1.82, 2.24) is 0 Å². The molecule has 1 unspecified atom stereocenters. The Bertz CT molecular complexity index is 581. The molecule has 1 atom stereocenters. The molecule has 0 radical (unpaired) electrons. The number of phosphoric ester groups is 1. The minimum atomic E-state index is -4.14. The van der Waals surface area contributed by atoms with E-state index in [-0.39, 0.29) is 5.75 Å². The fraction of sp³-hybridized carbons (Fsp3) is 0. The van der Waals surface area contributed by atoms with Crippen LogP contribution in [-0.4, -0.2) is 4.89 Å². The number of rotatable bonds is 5. The first-order valence-corrected chi connectivity index (χ1v) is 7.13. The summed E-state index contributed by atoms with van der Waals surface area (Å²) in [4.78, 5) is 9.51. The molecule has 0 heterocycles. The first-order valence-electron chi connectivity index (χ1n) is 5.63. The van der Waals surface area contributed by atoms with Crippen LogP contribution in [0, 0.1) is 0 Å². The van der Waals surface area contributed by atoms with Crippen molar-refractivity contribution in [1.29, 1.82) is 0 Å². The van der Waals surface area contributed by atoms with Gasteiger partial charge in [-0.05, 0) is 23.8 Å². The average Bonchev–Trinajstić information content (AvgIpc) is 2.40. The molecule has 19 heavy (non-hydrogen) atoms. The molecular weight excluding hydrogens is 263 g/mol. The Kier molecular flexibility index (Phi) is 4.39. The summed E-state index contributed by atoms with van der Waals surface area (Å²) in [6.07, 6.45) is 2.73. The van der Waals surface area contributed by atoms with Gasteiger partial charge in [0, 0.05) is 0 Å². The van der Waals surface area contributed by atoms with Crippen LogP contribution in [0.3, 0.4) is 0 Å². The maximum absolute atomic E-state index is 11.6. The summed E-state index contributed by atoms with van der Waals surface area (Å²) < 4.78 is 21.3. The molecule has 0 aromatic heterocycles. The molecule has 0 aliphatic carbocycles. The summed E-state index contributed by atoms with van der Waals surface area (Å²) in [5.74, 6) is 0.279. The molecule has 0 bridgehead atoms. The van der Waals surface area contributed by atoms with Gasteiger partial charge in [0.05, 0.1) is 6.26 Å². The molecule has 0 saturated heterocycles. The van der Waals surface area contributed by atoms with Crippen molar-refractivity contribution < 1.29 is 18.5 Å². The molecule has 4 nitrogen and oxygen atoms in total. The zero-order valence-corrected chi connectivity index (χ0v) is 10.9. The summed E-state index contributed by atoms with van der Waals surface area (Å²) in [6.45, 7) is 0. The van der Waals surface area contributed by atoms with Gasteiger partial charge < -0.3 is 9.05 Å². The molecule has 0 amide bonds. The van der Waals surface area contributed by atoms with Crippen LogP contribution < -0.4 is 4.52 Å². The quantitative estimate of drug-likeness (QED) is 0.665. The SMILES string of the molecule is O=P(O)(O/C=C/c1ccccc1)Oc1ccccc1. The van der Waals surface area contributed by atoms with Gasteiger partial charge in [-0.25, -0.2) is 4.57 Å². The van der Waals surface area contributed by atoms with E-state index >= 15 is 0 Å². The first-order chi connectivity index (χ1) is 9.16. The van der Waals surface area contributed by atoms with E-state index in [1.165, 1.54) is 0 Å². The van der Waals surface area contributed by atoms with Gasteiger partial charge in [-0.1, -0.05) is 48.5 Å². The smallest absolute Gasteiger partial charge is 0.403 e. The van der Waals surface area contributed by atoms with Gasteiger partial charge in [-0.2, -0.15) is 0 Å². The Labute approximate surface area is 111 Å². The van der Waals surface area contributed by atoms with Gasteiger partial charge in [-0.15, -0.1) is 0 Å². The number of hydrogen-bond acceptors (Lipinski definition) is 3. The lowest BCUT2D eigenvalue weighted by Crippen LogP contribution is -1.92. The Balaban J connectivity index is 1.95. The van der Waals surface area contributed by atoms with Crippen LogP contribution in [0.5, 0.6) is 5.75 Å². The topological polar surface area (TPSA) is 55.8 Å². The summed E-state index contributed by atoms with van der Waals surface area (Å²) >= 11 is 0. The third-order valence-electron chi connectivity index (χ3n) is 2.22. The van der Waals surface area contributed by atoms with Crippen molar-refractivity contribution >= 4 is 13.9 Å². The van der Waals surface area contributed by atoms with E-state index in [0.717, 1.165) is 11.8 Å². The Morgan fingerprint density at radius 1 is 0.947 bits per heavy atom. The zero-order chi connectivity index (χ0) is 13.6. The molecule has 2 aromatic rings. The highest BCUT2D eigenvalue weighted by atomic mass is 31.2. The van der Waals surface area contributed by atoms with Crippen LogP contribution >= 0.6 is 7.82 Å². The van der Waals surface area contributed by atoms with E-state index in [2.05, 4.69) is 0 Å². The van der Waals surface area contributed by atoms with Crippen molar-refractivity contribution in [3.63, 3.8) is 0 Å². The van der Waals surface area contributed by atoms with Crippen LogP contribution in [-0.2, 0) is 9.09 Å². The standard InChI is InChI=1S/C14H13O4P/c15-19(16,18-14-9-5-2-6-10-14)17-12-11-13-7-3-1-4-8-13/h1-12H,(H,15,16)/b12-11+. The lowest BCUT2D eigenvalue weighted by molar-refractivity contribution is 0.267. The van der Waals surface area contributed by atoms with Crippen molar-refractivity contribution in [2.75, 3.05) is 0 Å². The number of phosphoric acid groups is 1. The van der Waals surface area contributed by atoms with Gasteiger partial charge in [0.1, 0.15) is 5.75 Å². The second-order valence-electron chi connectivity index (χ2n) is 3.69. The van der Waals surface area contributed by atoms with E-state index in [1.807, 2.05) is 30.3 Å². The van der Waals surface area contributed by atoms with Crippen LogP contribution in [0.2, 0.25) is 0 Å². The Morgan fingerprint density at radius 3 is 2.16 bits per heavy atom. The molecular formula is C14H13O4P. The Hall–Kier alpha value is -2.03. The van der Waals surface area contributed by atoms with Gasteiger partial charge in [0.2, 0.25) is 0 Å². The van der Waals surface area contributed by atoms with Crippen molar-refractivity contribution in [2.24, 2.45) is 0 Å². The predicted molar refractivity (Wildman–Crippen MR) is 73.5 cm³/mol. The average molecular weight is 276 g/mol. The number of benzene rings is 2. The normalized spacial score (nSPS) is 13.9. The number of para-hydroxylation sites is 1. The van der Waals surface area contributed by atoms with Crippen LogP contribution in [0.15, 0.2) is 66.9 Å². The van der Waals surface area contributed by atoms with Crippen molar-refractivity contribution in [3.8, 4) is 5.75 Å². The third kappa shape index (κ3) is 4.62. The monoisotopic (exact) mass is 276 g/mol. The highest BCUT2D eigenvalue weighted by Crippen LogP contribution is 2.44. The molecule has 2 rings (SSSR count). The van der Waals surface area contributed by atoms with E-state index in [1.54, 1.807) is 36.4 Å². The highest BCUT2D eigenvalue weighted by Gasteiger charge is 2.22. The Morgan fingerprint density at radius 2 is 1.53 bits per heavy atom. The minimum Gasteiger partial charge on any atom is -0.403 e. The van der Waals surface area contributed by atoms with Crippen LogP contribution in [0.4, 0.5) is 0 Å². The molecule has 1 N–H and O–H groups in total. The first kappa shape index (κ1) is 13.4. The maximum atomic E-state index is 11.6. The third-order valence-corrected chi connectivity index (χ3v) is 3.05. The molecule has 0 fully saturated rings. The van der Waals surface area contributed by atoms with E-state index in [4.69, 9.17) is 9.05 Å². The summed E-state index contributed by atoms with van der Waals surface area (Å²) in [5.41, 5.74) is 0.863. The van der Waals surface area contributed by atoms with Crippen molar-refractivity contribution in [2.45, 2.75) is 0 Å². The van der Waals surface area contributed by atoms with Gasteiger partial charge in [-0.3, -0.25) is 4.89 Å². The highest BCUT2D eigenvalue weighted by molar-refractivity contribution is 7.47. The van der Waals surface area contributed by atoms with E-state index in [9.17, 15) is 9.46 Å². The molecule has 0 saturated carbocycles. The predicted octanol–water partition coefficient (Wildman–Crippen LogP) is 3.85. The second-order valence-corrected chi connectivity index (χ2v) is 5.02. The molecule has 2 aromatic carbocycles. The zero-order valence-electron chi connectivity index (χ0n) is 10.0. The largest absolute Gasteiger partial charge is 0.584 e. The molecule has 5 heteroatoms. The van der Waals surface area contributed by atoms with Crippen molar-refractivity contribution in [3.05, 3.63) is 72.5 Å². The molecule has 0 spiro atoms. The second kappa shape index (κ2) is 6.23. The van der Waals surface area contributed by atoms with E-state index < -0.39 is 7.82 Å². The maximum Gasteiger partial charge on any atom is 0.584 e. The lowest BCUT2D eigenvalue weighted by Gasteiger charge is -2.10. The van der Waals surface area contributed by atoms with Gasteiger partial charge in [0.25, 0.3) is 0 Å². The fourth-order valence-corrected chi connectivity index (χ4v) is 2.03. The lowest BCUT2D eigenvalue weighted by atomic mass is 10.2. The van der Waals surface area contributed by atoms with Crippen LogP contribution in [0.25, 0.3) is 6.08 Å². The minimum absolute atomic E-state index is 0.279. The number of hydrogen-bond donors (Lipinski definition) is 1. The molecule has 0 aliphatic heterocycles. The summed E-state index contributed by atoms with van der Waals surface area (Å²) in [5, 5.41) is 0. The summed E-state index contributed by atoms with van der Waals surface area (Å²) in [6, 6.07) is 17.6. The fourth-order valence-electron chi connectivity index (χ4n) is 1.39. The van der Waals surface area contributed by atoms with Gasteiger partial charge in [0.15, 0.2) is 0 Å². The van der Waals surface area contributed by atoms with Gasteiger partial charge >= 0.3 is 7.82 Å². The summed E-state index contributed by atoms with van der Waals surface area (Å²) in [7, 11) is -4.14.